The summed E-state index contributed by atoms with van der Waals surface area (Å²) < 4.78 is 0. The van der Waals surface area contributed by atoms with E-state index in [0.717, 1.165) is 13.0 Å². The molecule has 0 radical (unpaired) electrons. The summed E-state index contributed by atoms with van der Waals surface area (Å²) in [6.45, 7) is 7.67. The zero-order valence-corrected chi connectivity index (χ0v) is 14.2. The Hall–Kier alpha value is -1.40. The molecule has 2 rings (SSSR count). The molecule has 22 heavy (non-hydrogen) atoms. The SMILES string of the molecule is CCc1cc(C(=O)N[C@H]2CN(CC(=O)O)C[C@@H]2C(C)C)cs1. The number of thiophene rings is 1. The average Bonchev–Trinajstić information content (AvgIpc) is 3.04. The van der Waals surface area contributed by atoms with Crippen LogP contribution in [0.25, 0.3) is 0 Å². The molecule has 1 aliphatic heterocycles. The minimum Gasteiger partial charge on any atom is -0.480 e. The van der Waals surface area contributed by atoms with Gasteiger partial charge in [-0.15, -0.1) is 11.3 Å². The van der Waals surface area contributed by atoms with Gasteiger partial charge in [0.05, 0.1) is 12.1 Å². The van der Waals surface area contributed by atoms with Gasteiger partial charge in [0.1, 0.15) is 0 Å². The van der Waals surface area contributed by atoms with E-state index in [2.05, 4.69) is 26.1 Å². The highest BCUT2D eigenvalue weighted by Crippen LogP contribution is 2.25. The molecule has 1 amide bonds. The van der Waals surface area contributed by atoms with Crippen LogP contribution < -0.4 is 5.32 Å². The van der Waals surface area contributed by atoms with Crippen molar-refractivity contribution >= 4 is 23.2 Å². The maximum Gasteiger partial charge on any atom is 0.317 e. The van der Waals surface area contributed by atoms with E-state index in [1.807, 2.05) is 16.3 Å². The number of carboxylic acids is 1. The molecule has 122 valence electrons. The molecule has 5 nitrogen and oxygen atoms in total. The number of hydrogen-bond acceptors (Lipinski definition) is 4. The Morgan fingerprint density at radius 3 is 2.73 bits per heavy atom. The molecule has 2 N–H and O–H groups in total. The molecule has 0 saturated carbocycles. The van der Waals surface area contributed by atoms with Crippen molar-refractivity contribution in [2.45, 2.75) is 33.2 Å². The van der Waals surface area contributed by atoms with Gasteiger partial charge in [0.15, 0.2) is 0 Å². The predicted octanol–water partition coefficient (Wildman–Crippen LogP) is 2.08. The number of hydrogen-bond donors (Lipinski definition) is 2. The molecule has 0 spiro atoms. The number of aryl methyl sites for hydroxylation is 1. The monoisotopic (exact) mass is 324 g/mol. The zero-order chi connectivity index (χ0) is 16.3. The van der Waals surface area contributed by atoms with Gasteiger partial charge in [0.2, 0.25) is 0 Å². The minimum atomic E-state index is -0.820. The topological polar surface area (TPSA) is 69.6 Å². The van der Waals surface area contributed by atoms with Gasteiger partial charge >= 0.3 is 5.97 Å². The fraction of sp³-hybridized carbons (Fsp3) is 0.625. The number of carbonyl (C=O) groups is 2. The molecule has 1 aromatic heterocycles. The van der Waals surface area contributed by atoms with E-state index in [4.69, 9.17) is 5.11 Å². The van der Waals surface area contributed by atoms with Crippen LogP contribution in [-0.4, -0.2) is 47.6 Å². The molecule has 6 heteroatoms. The van der Waals surface area contributed by atoms with Crippen molar-refractivity contribution in [3.63, 3.8) is 0 Å². The molecule has 1 aliphatic rings. The second-order valence-corrected chi connectivity index (χ2v) is 7.23. The van der Waals surface area contributed by atoms with Gasteiger partial charge in [-0.05, 0) is 24.3 Å². The first-order valence-corrected chi connectivity index (χ1v) is 8.61. The fourth-order valence-corrected chi connectivity index (χ4v) is 3.81. The van der Waals surface area contributed by atoms with E-state index in [0.29, 0.717) is 18.0 Å². The Morgan fingerprint density at radius 2 is 2.18 bits per heavy atom. The van der Waals surface area contributed by atoms with Crippen molar-refractivity contribution < 1.29 is 14.7 Å². The molecule has 0 bridgehead atoms. The van der Waals surface area contributed by atoms with Crippen molar-refractivity contribution in [2.75, 3.05) is 19.6 Å². The summed E-state index contributed by atoms with van der Waals surface area (Å²) in [6.07, 6.45) is 0.933. The molecule has 1 fully saturated rings. The van der Waals surface area contributed by atoms with Crippen molar-refractivity contribution in [3.05, 3.63) is 21.9 Å². The van der Waals surface area contributed by atoms with Crippen molar-refractivity contribution in [2.24, 2.45) is 11.8 Å². The Labute approximate surface area is 135 Å². The molecule has 1 saturated heterocycles. The maximum atomic E-state index is 12.4. The van der Waals surface area contributed by atoms with Gasteiger partial charge in [-0.3, -0.25) is 14.5 Å². The van der Waals surface area contributed by atoms with Crippen LogP contribution >= 0.6 is 11.3 Å². The summed E-state index contributed by atoms with van der Waals surface area (Å²) in [5.74, 6) is -0.186. The van der Waals surface area contributed by atoms with Crippen LogP contribution in [0, 0.1) is 11.8 Å². The first-order valence-electron chi connectivity index (χ1n) is 7.73. The largest absolute Gasteiger partial charge is 0.480 e. The lowest BCUT2D eigenvalue weighted by atomic mass is 9.91. The summed E-state index contributed by atoms with van der Waals surface area (Å²) in [4.78, 5) is 26.4. The van der Waals surface area contributed by atoms with E-state index >= 15 is 0 Å². The molecule has 0 aliphatic carbocycles. The number of amides is 1. The second-order valence-electron chi connectivity index (χ2n) is 6.23. The predicted molar refractivity (Wildman–Crippen MR) is 87.4 cm³/mol. The number of aliphatic carboxylic acids is 1. The third kappa shape index (κ3) is 4.08. The van der Waals surface area contributed by atoms with E-state index in [1.165, 1.54) is 4.88 Å². The maximum absolute atomic E-state index is 12.4. The van der Waals surface area contributed by atoms with Gasteiger partial charge in [-0.1, -0.05) is 20.8 Å². The Bertz CT molecular complexity index is 541. The molecular weight excluding hydrogens is 300 g/mol. The first kappa shape index (κ1) is 17.0. The standard InChI is InChI=1S/C16H24N2O3S/c1-4-12-5-11(9-22-12)16(21)17-14-7-18(8-15(19)20)6-13(14)10(2)3/h5,9-10,13-14H,4,6-8H2,1-3H3,(H,17,21)(H,19,20)/t13-,14+/m1/s1. The Morgan fingerprint density at radius 1 is 1.45 bits per heavy atom. The van der Waals surface area contributed by atoms with Gasteiger partial charge in [-0.2, -0.15) is 0 Å². The van der Waals surface area contributed by atoms with Crippen LogP contribution in [0.5, 0.6) is 0 Å². The summed E-state index contributed by atoms with van der Waals surface area (Å²) in [5.41, 5.74) is 0.709. The highest BCUT2D eigenvalue weighted by Gasteiger charge is 2.36. The third-order valence-corrected chi connectivity index (χ3v) is 5.32. The fourth-order valence-electron chi connectivity index (χ4n) is 3.00. The number of carboxylic acid groups (broad SMARTS) is 1. The van der Waals surface area contributed by atoms with Crippen molar-refractivity contribution in [1.82, 2.24) is 10.2 Å². The quantitative estimate of drug-likeness (QED) is 0.840. The van der Waals surface area contributed by atoms with Gasteiger partial charge < -0.3 is 10.4 Å². The molecule has 2 atom stereocenters. The lowest BCUT2D eigenvalue weighted by molar-refractivity contribution is -0.138. The van der Waals surface area contributed by atoms with E-state index in [9.17, 15) is 9.59 Å². The summed E-state index contributed by atoms with van der Waals surface area (Å²) >= 11 is 1.60. The second kappa shape index (κ2) is 7.24. The molecule has 1 aromatic rings. The summed E-state index contributed by atoms with van der Waals surface area (Å²) in [5, 5.41) is 13.9. The lowest BCUT2D eigenvalue weighted by Gasteiger charge is -2.22. The lowest BCUT2D eigenvalue weighted by Crippen LogP contribution is -2.42. The summed E-state index contributed by atoms with van der Waals surface area (Å²) in [7, 11) is 0. The van der Waals surface area contributed by atoms with Crippen molar-refractivity contribution in [1.29, 1.82) is 0 Å². The van der Waals surface area contributed by atoms with E-state index in [-0.39, 0.29) is 24.4 Å². The van der Waals surface area contributed by atoms with Gasteiger partial charge in [0, 0.05) is 29.4 Å². The van der Waals surface area contributed by atoms with Crippen LogP contribution in [0.4, 0.5) is 0 Å². The van der Waals surface area contributed by atoms with Gasteiger partial charge in [-0.25, -0.2) is 0 Å². The summed E-state index contributed by atoms with van der Waals surface area (Å²) in [6, 6.07) is 1.95. The van der Waals surface area contributed by atoms with E-state index in [1.54, 1.807) is 11.3 Å². The number of nitrogens with zero attached hydrogens (tertiary/aromatic N) is 1. The minimum absolute atomic E-state index is 0.0110. The number of carbonyl (C=O) groups excluding carboxylic acids is 1. The van der Waals surface area contributed by atoms with Crippen molar-refractivity contribution in [3.8, 4) is 0 Å². The highest BCUT2D eigenvalue weighted by atomic mass is 32.1. The number of likely N-dealkylation sites (tertiary alicyclic amines) is 1. The smallest absolute Gasteiger partial charge is 0.317 e. The normalized spacial score (nSPS) is 22.2. The van der Waals surface area contributed by atoms with Crippen LogP contribution in [0.15, 0.2) is 11.4 Å². The van der Waals surface area contributed by atoms with Crippen LogP contribution in [0.1, 0.15) is 36.0 Å². The van der Waals surface area contributed by atoms with Crippen LogP contribution in [0.3, 0.4) is 0 Å². The van der Waals surface area contributed by atoms with Crippen LogP contribution in [0.2, 0.25) is 0 Å². The Balaban J connectivity index is 2.02. The zero-order valence-electron chi connectivity index (χ0n) is 13.3. The Kier molecular flexibility index (Phi) is 5.58. The number of nitrogens with one attached hydrogen (secondary N) is 1. The average molecular weight is 324 g/mol. The van der Waals surface area contributed by atoms with Crippen LogP contribution in [-0.2, 0) is 11.2 Å². The number of rotatable bonds is 6. The van der Waals surface area contributed by atoms with E-state index < -0.39 is 5.97 Å². The highest BCUT2D eigenvalue weighted by molar-refractivity contribution is 7.10. The molecular formula is C16H24N2O3S. The molecule has 2 heterocycles. The van der Waals surface area contributed by atoms with Gasteiger partial charge in [0.25, 0.3) is 5.91 Å². The molecule has 0 aromatic carbocycles. The third-order valence-electron chi connectivity index (χ3n) is 4.24. The molecule has 0 unspecified atom stereocenters. The first-order chi connectivity index (χ1) is 10.4.